The molecule has 0 unspecified atom stereocenters. The van der Waals surface area contributed by atoms with Crippen molar-refractivity contribution in [2.75, 3.05) is 0 Å². The van der Waals surface area contributed by atoms with E-state index in [0.717, 1.165) is 0 Å². The summed E-state index contributed by atoms with van der Waals surface area (Å²) in [6.07, 6.45) is 0. The molecule has 0 N–H and O–H groups in total. The summed E-state index contributed by atoms with van der Waals surface area (Å²) in [7, 11) is 0. The van der Waals surface area contributed by atoms with E-state index in [-0.39, 0.29) is 23.9 Å². The molecule has 0 spiro atoms. The molecule has 4 nitrogen and oxygen atoms in total. The lowest BCUT2D eigenvalue weighted by molar-refractivity contribution is -0.386. The summed E-state index contributed by atoms with van der Waals surface area (Å²) < 4.78 is 19.4. The van der Waals surface area contributed by atoms with E-state index >= 15 is 0 Å². The fourth-order valence-electron chi connectivity index (χ4n) is 1.55. The van der Waals surface area contributed by atoms with Gasteiger partial charge in [0, 0.05) is 10.5 Å². The first kappa shape index (κ1) is 14.9. The minimum Gasteiger partial charge on any atom is -0.482 e. The van der Waals surface area contributed by atoms with Gasteiger partial charge >= 0.3 is 5.69 Å². The molecule has 0 heterocycles. The molecule has 0 aliphatic rings. The number of hydrogen-bond donors (Lipinski definition) is 0. The van der Waals surface area contributed by atoms with Crippen molar-refractivity contribution in [2.45, 2.75) is 6.61 Å². The van der Waals surface area contributed by atoms with Crippen LogP contribution in [0.25, 0.3) is 0 Å². The minimum absolute atomic E-state index is 0.112. The average molecular weight is 405 g/mol. The summed E-state index contributed by atoms with van der Waals surface area (Å²) >= 11 is 6.24. The molecule has 7 heteroatoms. The predicted octanol–water partition coefficient (Wildman–Crippen LogP) is 4.84. The van der Waals surface area contributed by atoms with Crippen molar-refractivity contribution in [3.05, 3.63) is 66.8 Å². The van der Waals surface area contributed by atoms with Gasteiger partial charge < -0.3 is 4.74 Å². The summed E-state index contributed by atoms with van der Waals surface area (Å²) in [5.74, 6) is -0.206. The molecular formula is C13H8Br2FNO3. The van der Waals surface area contributed by atoms with Crippen LogP contribution in [0.1, 0.15) is 5.56 Å². The third-order valence-corrected chi connectivity index (χ3v) is 3.60. The van der Waals surface area contributed by atoms with Gasteiger partial charge in [-0.1, -0.05) is 22.0 Å². The Kier molecular flexibility index (Phi) is 4.72. The zero-order chi connectivity index (χ0) is 14.7. The van der Waals surface area contributed by atoms with Crippen molar-refractivity contribution in [1.82, 2.24) is 0 Å². The molecule has 2 rings (SSSR count). The van der Waals surface area contributed by atoms with Crippen LogP contribution in [0, 0.1) is 15.9 Å². The highest BCUT2D eigenvalue weighted by atomic mass is 79.9. The molecule has 0 bridgehead atoms. The molecule has 0 atom stereocenters. The third kappa shape index (κ3) is 3.55. The number of nitro benzene ring substituents is 1. The summed E-state index contributed by atoms with van der Waals surface area (Å²) in [4.78, 5) is 10.4. The van der Waals surface area contributed by atoms with Crippen molar-refractivity contribution >= 4 is 37.5 Å². The Labute approximate surface area is 131 Å². The Morgan fingerprint density at radius 2 is 1.95 bits per heavy atom. The molecular weight excluding hydrogens is 397 g/mol. The second kappa shape index (κ2) is 6.32. The van der Waals surface area contributed by atoms with Gasteiger partial charge in [-0.25, -0.2) is 4.39 Å². The maximum atomic E-state index is 13.1. The topological polar surface area (TPSA) is 52.4 Å². The van der Waals surface area contributed by atoms with Gasteiger partial charge in [0.05, 0.1) is 9.40 Å². The van der Waals surface area contributed by atoms with Gasteiger partial charge in [0.2, 0.25) is 0 Å². The molecule has 0 saturated heterocycles. The molecule has 2 aromatic carbocycles. The number of benzene rings is 2. The highest BCUT2D eigenvalue weighted by molar-refractivity contribution is 9.10. The third-order valence-electron chi connectivity index (χ3n) is 2.50. The predicted molar refractivity (Wildman–Crippen MR) is 79.2 cm³/mol. The maximum Gasteiger partial charge on any atom is 0.312 e. The van der Waals surface area contributed by atoms with Crippen molar-refractivity contribution in [2.24, 2.45) is 0 Å². The Morgan fingerprint density at radius 3 is 2.60 bits per heavy atom. The summed E-state index contributed by atoms with van der Waals surface area (Å²) in [5, 5.41) is 10.9. The Balaban J connectivity index is 2.18. The summed E-state index contributed by atoms with van der Waals surface area (Å²) in [6, 6.07) is 8.98. The Hall–Kier alpha value is -1.47. The van der Waals surface area contributed by atoms with Crippen molar-refractivity contribution in [3.63, 3.8) is 0 Å². The lowest BCUT2D eigenvalue weighted by Gasteiger charge is -2.07. The van der Waals surface area contributed by atoms with E-state index in [1.54, 1.807) is 18.2 Å². The first-order chi connectivity index (χ1) is 9.47. The molecule has 0 aliphatic carbocycles. The van der Waals surface area contributed by atoms with Crippen LogP contribution in [-0.4, -0.2) is 4.92 Å². The standard InChI is InChI=1S/C13H8Br2FNO3/c14-9-2-4-13(12(6-9)17(18)19)20-7-8-1-3-11(16)10(15)5-8/h1-6H,7H2. The second-order valence-corrected chi connectivity index (χ2v) is 5.68. The fraction of sp³-hybridized carbons (Fsp3) is 0.0769. The summed E-state index contributed by atoms with van der Waals surface area (Å²) in [5.41, 5.74) is 0.580. The number of rotatable bonds is 4. The Bertz CT molecular complexity index is 664. The first-order valence-corrected chi connectivity index (χ1v) is 7.06. The molecule has 20 heavy (non-hydrogen) atoms. The number of halogens is 3. The van der Waals surface area contributed by atoms with Crippen LogP contribution in [0.4, 0.5) is 10.1 Å². The SMILES string of the molecule is O=[N+]([O-])c1cc(Br)ccc1OCc1ccc(F)c(Br)c1. The van der Waals surface area contributed by atoms with Crippen LogP contribution in [0.2, 0.25) is 0 Å². The van der Waals surface area contributed by atoms with Gasteiger partial charge in [0.25, 0.3) is 0 Å². The minimum atomic E-state index is -0.513. The van der Waals surface area contributed by atoms with Crippen LogP contribution >= 0.6 is 31.9 Å². The molecule has 0 aromatic heterocycles. The second-order valence-electron chi connectivity index (χ2n) is 3.91. The normalized spacial score (nSPS) is 10.3. The van der Waals surface area contributed by atoms with Crippen LogP contribution in [0.15, 0.2) is 45.3 Å². The van der Waals surface area contributed by atoms with Crippen molar-refractivity contribution < 1.29 is 14.1 Å². The first-order valence-electron chi connectivity index (χ1n) is 5.48. The highest BCUT2D eigenvalue weighted by Gasteiger charge is 2.15. The van der Waals surface area contributed by atoms with E-state index in [9.17, 15) is 14.5 Å². The number of ether oxygens (including phenoxy) is 1. The van der Waals surface area contributed by atoms with E-state index in [4.69, 9.17) is 4.74 Å². The quantitative estimate of drug-likeness (QED) is 0.541. The molecule has 0 radical (unpaired) electrons. The van der Waals surface area contributed by atoms with Crippen molar-refractivity contribution in [1.29, 1.82) is 0 Å². The van der Waals surface area contributed by atoms with Gasteiger partial charge in [-0.2, -0.15) is 0 Å². The van der Waals surface area contributed by atoms with Gasteiger partial charge in [-0.3, -0.25) is 10.1 Å². The zero-order valence-electron chi connectivity index (χ0n) is 9.98. The molecule has 0 saturated carbocycles. The summed E-state index contributed by atoms with van der Waals surface area (Å²) in [6.45, 7) is 0.112. The lowest BCUT2D eigenvalue weighted by atomic mass is 10.2. The number of nitro groups is 1. The average Bonchev–Trinajstić information content (AvgIpc) is 2.41. The van der Waals surface area contributed by atoms with Crippen LogP contribution in [-0.2, 0) is 6.61 Å². The van der Waals surface area contributed by atoms with E-state index in [1.165, 1.54) is 18.2 Å². The molecule has 2 aromatic rings. The van der Waals surface area contributed by atoms with Crippen molar-refractivity contribution in [3.8, 4) is 5.75 Å². The lowest BCUT2D eigenvalue weighted by Crippen LogP contribution is -1.99. The molecule has 0 amide bonds. The van der Waals surface area contributed by atoms with Crippen LogP contribution in [0.5, 0.6) is 5.75 Å². The van der Waals surface area contributed by atoms with Gasteiger partial charge in [0.1, 0.15) is 12.4 Å². The van der Waals surface area contributed by atoms with Gasteiger partial charge in [-0.05, 0) is 45.8 Å². The van der Waals surface area contributed by atoms with E-state index in [0.29, 0.717) is 14.5 Å². The molecule has 0 aliphatic heterocycles. The van der Waals surface area contributed by atoms with Gasteiger partial charge in [0.15, 0.2) is 5.75 Å². The number of hydrogen-bond acceptors (Lipinski definition) is 3. The fourth-order valence-corrected chi connectivity index (χ4v) is 2.32. The molecule has 104 valence electrons. The Morgan fingerprint density at radius 1 is 1.20 bits per heavy atom. The zero-order valence-corrected chi connectivity index (χ0v) is 13.1. The monoisotopic (exact) mass is 403 g/mol. The number of nitrogens with zero attached hydrogens (tertiary/aromatic N) is 1. The van der Waals surface area contributed by atoms with Crippen LogP contribution < -0.4 is 4.74 Å². The van der Waals surface area contributed by atoms with Crippen LogP contribution in [0.3, 0.4) is 0 Å². The smallest absolute Gasteiger partial charge is 0.312 e. The molecule has 0 fully saturated rings. The van der Waals surface area contributed by atoms with E-state index in [2.05, 4.69) is 31.9 Å². The highest BCUT2D eigenvalue weighted by Crippen LogP contribution is 2.30. The van der Waals surface area contributed by atoms with E-state index < -0.39 is 4.92 Å². The maximum absolute atomic E-state index is 13.1. The van der Waals surface area contributed by atoms with Gasteiger partial charge in [-0.15, -0.1) is 0 Å². The largest absolute Gasteiger partial charge is 0.482 e. The van der Waals surface area contributed by atoms with E-state index in [1.807, 2.05) is 0 Å².